The standard InChI is InChI=1S/C23H33N5O3/c1-23(2,3)20(24-4)22(31)28-14-17(29)12-19(28)21(30)25-13-15-6-8-16(9-7-15)18-10-11-26-27(18)5/h6-11,17,19-20,24,29H,12-14H2,1-5H3,(H,25,30)/t17-,19+,20+/m1/s1. The number of hydrogen-bond acceptors (Lipinski definition) is 5. The van der Waals surface area contributed by atoms with Crippen LogP contribution in [0.25, 0.3) is 11.3 Å². The van der Waals surface area contributed by atoms with Crippen molar-refractivity contribution < 1.29 is 14.7 Å². The van der Waals surface area contributed by atoms with Gasteiger partial charge in [0.05, 0.1) is 17.8 Å². The van der Waals surface area contributed by atoms with Crippen LogP contribution >= 0.6 is 0 Å². The lowest BCUT2D eigenvalue weighted by atomic mass is 9.86. The fourth-order valence-electron chi connectivity index (χ4n) is 4.16. The minimum atomic E-state index is -0.699. The van der Waals surface area contributed by atoms with E-state index in [1.54, 1.807) is 13.2 Å². The molecule has 31 heavy (non-hydrogen) atoms. The number of carbonyl (C=O) groups is 2. The first-order valence-electron chi connectivity index (χ1n) is 10.6. The normalized spacial score (nSPS) is 20.0. The lowest BCUT2D eigenvalue weighted by molar-refractivity contribution is -0.142. The molecule has 2 heterocycles. The number of likely N-dealkylation sites (tertiary alicyclic amines) is 1. The third-order valence-electron chi connectivity index (χ3n) is 5.80. The van der Waals surface area contributed by atoms with E-state index in [0.29, 0.717) is 6.54 Å². The van der Waals surface area contributed by atoms with E-state index in [4.69, 9.17) is 0 Å². The molecule has 3 atom stereocenters. The molecule has 1 aromatic heterocycles. The van der Waals surface area contributed by atoms with Crippen LogP contribution in [0.1, 0.15) is 32.8 Å². The summed E-state index contributed by atoms with van der Waals surface area (Å²) in [7, 11) is 3.63. The van der Waals surface area contributed by atoms with E-state index in [1.165, 1.54) is 4.90 Å². The lowest BCUT2D eigenvalue weighted by Gasteiger charge is -2.34. The SMILES string of the molecule is CN[C@@H](C(=O)N1C[C@H](O)C[C@H]1C(=O)NCc1ccc(-c2ccnn2C)cc1)C(C)(C)C. The summed E-state index contributed by atoms with van der Waals surface area (Å²) in [6, 6.07) is 8.76. The molecule has 2 amide bonds. The molecule has 0 aliphatic carbocycles. The highest BCUT2D eigenvalue weighted by molar-refractivity contribution is 5.91. The summed E-state index contributed by atoms with van der Waals surface area (Å²) in [6.07, 6.45) is 1.30. The minimum Gasteiger partial charge on any atom is -0.391 e. The van der Waals surface area contributed by atoms with E-state index in [1.807, 2.05) is 62.8 Å². The van der Waals surface area contributed by atoms with Gasteiger partial charge >= 0.3 is 0 Å². The summed E-state index contributed by atoms with van der Waals surface area (Å²) in [5.74, 6) is -0.406. The van der Waals surface area contributed by atoms with Gasteiger partial charge in [0.2, 0.25) is 11.8 Å². The van der Waals surface area contributed by atoms with Crippen molar-refractivity contribution in [3.63, 3.8) is 0 Å². The molecule has 1 fully saturated rings. The van der Waals surface area contributed by atoms with Gasteiger partial charge in [-0.25, -0.2) is 0 Å². The van der Waals surface area contributed by atoms with Crippen LogP contribution in [0, 0.1) is 5.41 Å². The number of likely N-dealkylation sites (N-methyl/N-ethyl adjacent to an activating group) is 1. The third-order valence-corrected chi connectivity index (χ3v) is 5.80. The van der Waals surface area contributed by atoms with Crippen molar-refractivity contribution in [3.05, 3.63) is 42.1 Å². The van der Waals surface area contributed by atoms with Crippen molar-refractivity contribution in [1.29, 1.82) is 0 Å². The highest BCUT2D eigenvalue weighted by Gasteiger charge is 2.43. The lowest BCUT2D eigenvalue weighted by Crippen LogP contribution is -2.55. The van der Waals surface area contributed by atoms with E-state index < -0.39 is 18.2 Å². The van der Waals surface area contributed by atoms with Crippen molar-refractivity contribution in [2.45, 2.75) is 51.9 Å². The van der Waals surface area contributed by atoms with Gasteiger partial charge in [0.1, 0.15) is 6.04 Å². The molecule has 8 heteroatoms. The van der Waals surface area contributed by atoms with Crippen molar-refractivity contribution in [2.24, 2.45) is 12.5 Å². The van der Waals surface area contributed by atoms with E-state index >= 15 is 0 Å². The van der Waals surface area contributed by atoms with Crippen LogP contribution in [0.4, 0.5) is 0 Å². The van der Waals surface area contributed by atoms with E-state index in [-0.39, 0.29) is 30.2 Å². The van der Waals surface area contributed by atoms with Gasteiger partial charge in [0.15, 0.2) is 0 Å². The number of carbonyl (C=O) groups excluding carboxylic acids is 2. The number of nitrogens with one attached hydrogen (secondary N) is 2. The van der Waals surface area contributed by atoms with E-state index in [9.17, 15) is 14.7 Å². The molecule has 1 aliphatic rings. The number of benzene rings is 1. The second-order valence-corrected chi connectivity index (χ2v) is 9.24. The maximum absolute atomic E-state index is 13.1. The summed E-state index contributed by atoms with van der Waals surface area (Å²) in [4.78, 5) is 27.5. The second kappa shape index (κ2) is 9.20. The predicted octanol–water partition coefficient (Wildman–Crippen LogP) is 1.30. The van der Waals surface area contributed by atoms with Crippen LogP contribution in [0.2, 0.25) is 0 Å². The number of aromatic nitrogens is 2. The van der Waals surface area contributed by atoms with Crippen LogP contribution in [0.3, 0.4) is 0 Å². The number of nitrogens with zero attached hydrogens (tertiary/aromatic N) is 3. The number of amides is 2. The Bertz CT molecular complexity index is 916. The van der Waals surface area contributed by atoms with Gasteiger partial charge in [-0.05, 0) is 29.7 Å². The maximum atomic E-state index is 13.1. The fourth-order valence-corrected chi connectivity index (χ4v) is 4.16. The molecule has 0 radical (unpaired) electrons. The fraction of sp³-hybridized carbons (Fsp3) is 0.522. The molecular weight excluding hydrogens is 394 g/mol. The highest BCUT2D eigenvalue weighted by Crippen LogP contribution is 2.26. The topological polar surface area (TPSA) is 99.5 Å². The molecule has 8 nitrogen and oxygen atoms in total. The monoisotopic (exact) mass is 427 g/mol. The Balaban J connectivity index is 1.65. The van der Waals surface area contributed by atoms with Gasteiger partial charge in [0.25, 0.3) is 0 Å². The summed E-state index contributed by atoms with van der Waals surface area (Å²) in [5.41, 5.74) is 2.71. The zero-order chi connectivity index (χ0) is 22.8. The molecule has 168 valence electrons. The molecule has 1 saturated heterocycles. The van der Waals surface area contributed by atoms with Crippen molar-refractivity contribution in [2.75, 3.05) is 13.6 Å². The molecular formula is C23H33N5O3. The van der Waals surface area contributed by atoms with Crippen molar-refractivity contribution in [1.82, 2.24) is 25.3 Å². The molecule has 0 bridgehead atoms. The summed E-state index contributed by atoms with van der Waals surface area (Å²) >= 11 is 0. The maximum Gasteiger partial charge on any atom is 0.243 e. The van der Waals surface area contributed by atoms with Gasteiger partial charge in [-0.2, -0.15) is 5.10 Å². The smallest absolute Gasteiger partial charge is 0.243 e. The molecule has 1 aliphatic heterocycles. The van der Waals surface area contributed by atoms with E-state index in [0.717, 1.165) is 16.8 Å². The molecule has 0 unspecified atom stereocenters. The van der Waals surface area contributed by atoms with Crippen LogP contribution < -0.4 is 10.6 Å². The Morgan fingerprint density at radius 3 is 2.45 bits per heavy atom. The zero-order valence-corrected chi connectivity index (χ0v) is 18.9. The number of aliphatic hydroxyl groups excluding tert-OH is 1. The molecule has 2 aromatic rings. The average Bonchev–Trinajstić information content (AvgIpc) is 3.31. The van der Waals surface area contributed by atoms with Crippen molar-refractivity contribution >= 4 is 11.8 Å². The summed E-state index contributed by atoms with van der Waals surface area (Å²) < 4.78 is 1.81. The largest absolute Gasteiger partial charge is 0.391 e. The number of rotatable bonds is 6. The molecule has 0 saturated carbocycles. The Morgan fingerprint density at radius 2 is 1.90 bits per heavy atom. The predicted molar refractivity (Wildman–Crippen MR) is 119 cm³/mol. The number of aryl methyl sites for hydroxylation is 1. The van der Waals surface area contributed by atoms with Gasteiger partial charge in [-0.3, -0.25) is 14.3 Å². The second-order valence-electron chi connectivity index (χ2n) is 9.24. The zero-order valence-electron chi connectivity index (χ0n) is 18.9. The number of β-amino-alcohol motifs (C(OH)–C–C–N with tert-alkyl or cyclic N) is 1. The van der Waals surface area contributed by atoms with Crippen molar-refractivity contribution in [3.8, 4) is 11.3 Å². The van der Waals surface area contributed by atoms with Gasteiger partial charge < -0.3 is 20.6 Å². The minimum absolute atomic E-state index is 0.160. The highest BCUT2D eigenvalue weighted by atomic mass is 16.3. The molecule has 3 rings (SSSR count). The van der Waals surface area contributed by atoms with Gasteiger partial charge in [0, 0.05) is 32.8 Å². The number of hydrogen-bond donors (Lipinski definition) is 3. The Hall–Kier alpha value is -2.71. The van der Waals surface area contributed by atoms with Gasteiger partial charge in [-0.1, -0.05) is 45.0 Å². The van der Waals surface area contributed by atoms with Crippen LogP contribution in [-0.2, 0) is 23.2 Å². The average molecular weight is 428 g/mol. The molecule has 1 aromatic carbocycles. The van der Waals surface area contributed by atoms with Crippen LogP contribution in [0.15, 0.2) is 36.5 Å². The van der Waals surface area contributed by atoms with E-state index in [2.05, 4.69) is 15.7 Å². The molecule has 0 spiro atoms. The quantitative estimate of drug-likeness (QED) is 0.645. The van der Waals surface area contributed by atoms with Crippen LogP contribution in [0.5, 0.6) is 0 Å². The Kier molecular flexibility index (Phi) is 6.81. The Morgan fingerprint density at radius 1 is 1.23 bits per heavy atom. The molecule has 3 N–H and O–H groups in total. The summed E-state index contributed by atoms with van der Waals surface area (Å²) in [6.45, 7) is 6.45. The van der Waals surface area contributed by atoms with Crippen LogP contribution in [-0.4, -0.2) is 63.4 Å². The first kappa shape index (κ1) is 23.0. The Labute approximate surface area is 183 Å². The first-order valence-corrected chi connectivity index (χ1v) is 10.6. The van der Waals surface area contributed by atoms with Gasteiger partial charge in [-0.15, -0.1) is 0 Å². The third kappa shape index (κ3) is 5.14. The first-order chi connectivity index (χ1) is 14.6. The number of aliphatic hydroxyl groups is 1. The summed E-state index contributed by atoms with van der Waals surface area (Å²) in [5, 5.41) is 20.3.